The van der Waals surface area contributed by atoms with E-state index in [2.05, 4.69) is 0 Å². The Bertz CT molecular complexity index is 404. The van der Waals surface area contributed by atoms with Crippen LogP contribution in [0.25, 0.3) is 0 Å². The van der Waals surface area contributed by atoms with Crippen molar-refractivity contribution < 1.29 is 13.9 Å². The number of carbonyl (C=O) groups is 1. The lowest BCUT2D eigenvalue weighted by atomic mass is 10.0. The summed E-state index contributed by atoms with van der Waals surface area (Å²) in [6, 6.07) is 2.98. The minimum atomic E-state index is -0.519. The Kier molecular flexibility index (Phi) is 2.68. The van der Waals surface area contributed by atoms with Crippen molar-refractivity contribution >= 4 is 5.78 Å². The predicted molar refractivity (Wildman–Crippen MR) is 53.6 cm³/mol. The first-order chi connectivity index (χ1) is 7.24. The van der Waals surface area contributed by atoms with Gasteiger partial charge in [-0.1, -0.05) is 6.07 Å². The molecule has 0 saturated heterocycles. The Labute approximate surface area is 87.0 Å². The zero-order valence-electron chi connectivity index (χ0n) is 8.25. The topological polar surface area (TPSA) is 52.3 Å². The largest absolute Gasteiger partial charge is 0.492 e. The number of carbonyl (C=O) groups excluding carboxylic acids is 1. The Morgan fingerprint density at radius 1 is 1.53 bits per heavy atom. The molecule has 0 fully saturated rings. The maximum atomic E-state index is 13.5. The summed E-state index contributed by atoms with van der Waals surface area (Å²) in [6.07, 6.45) is 0.884. The number of hydrogen-bond donors (Lipinski definition) is 1. The molecule has 0 saturated carbocycles. The molecule has 1 aromatic rings. The second-order valence-electron chi connectivity index (χ2n) is 3.47. The fraction of sp³-hybridized carbons (Fsp3) is 0.364. The fourth-order valence-electron chi connectivity index (χ4n) is 1.74. The Hall–Kier alpha value is -1.42. The maximum absolute atomic E-state index is 13.5. The number of ether oxygens (including phenoxy) is 1. The van der Waals surface area contributed by atoms with Crippen LogP contribution in [0.2, 0.25) is 0 Å². The van der Waals surface area contributed by atoms with Gasteiger partial charge in [-0.05, 0) is 18.2 Å². The third-order valence-corrected chi connectivity index (χ3v) is 2.46. The van der Waals surface area contributed by atoms with Gasteiger partial charge in [-0.2, -0.15) is 0 Å². The SMILES string of the molecule is NCCC(=O)c1c(F)ccc2c1OCC2. The first kappa shape index (κ1) is 10.1. The lowest BCUT2D eigenvalue weighted by Gasteiger charge is -2.07. The predicted octanol–water partition coefficient (Wildman–Crippen LogP) is 1.29. The molecule has 4 heteroatoms. The van der Waals surface area contributed by atoms with Crippen LogP contribution >= 0.6 is 0 Å². The first-order valence-electron chi connectivity index (χ1n) is 4.91. The molecular weight excluding hydrogens is 197 g/mol. The van der Waals surface area contributed by atoms with Gasteiger partial charge in [-0.25, -0.2) is 4.39 Å². The third-order valence-electron chi connectivity index (χ3n) is 2.46. The van der Waals surface area contributed by atoms with Crippen LogP contribution in [-0.4, -0.2) is 18.9 Å². The van der Waals surface area contributed by atoms with Crippen molar-refractivity contribution in [3.63, 3.8) is 0 Å². The summed E-state index contributed by atoms with van der Waals surface area (Å²) in [6.45, 7) is 0.740. The van der Waals surface area contributed by atoms with Crippen molar-refractivity contribution in [2.45, 2.75) is 12.8 Å². The monoisotopic (exact) mass is 209 g/mol. The molecule has 0 bridgehead atoms. The van der Waals surface area contributed by atoms with Crippen molar-refractivity contribution in [2.24, 2.45) is 5.73 Å². The van der Waals surface area contributed by atoms with Crippen molar-refractivity contribution in [2.75, 3.05) is 13.2 Å². The summed E-state index contributed by atoms with van der Waals surface area (Å²) in [5, 5.41) is 0. The molecule has 0 unspecified atom stereocenters. The van der Waals surface area contributed by atoms with Crippen LogP contribution in [0.5, 0.6) is 5.75 Å². The Balaban J connectivity index is 2.45. The summed E-state index contributed by atoms with van der Waals surface area (Å²) in [4.78, 5) is 11.6. The molecule has 80 valence electrons. The van der Waals surface area contributed by atoms with E-state index in [0.717, 1.165) is 12.0 Å². The summed E-state index contributed by atoms with van der Waals surface area (Å²) in [5.41, 5.74) is 6.24. The second-order valence-corrected chi connectivity index (χ2v) is 3.47. The molecule has 0 radical (unpaired) electrons. The van der Waals surface area contributed by atoms with E-state index in [4.69, 9.17) is 10.5 Å². The van der Waals surface area contributed by atoms with E-state index in [0.29, 0.717) is 12.4 Å². The van der Waals surface area contributed by atoms with Crippen LogP contribution in [0.3, 0.4) is 0 Å². The highest BCUT2D eigenvalue weighted by molar-refractivity contribution is 5.99. The highest BCUT2D eigenvalue weighted by atomic mass is 19.1. The van der Waals surface area contributed by atoms with Crippen molar-refractivity contribution in [3.05, 3.63) is 29.1 Å². The van der Waals surface area contributed by atoms with Gasteiger partial charge in [0, 0.05) is 12.8 Å². The zero-order chi connectivity index (χ0) is 10.8. The van der Waals surface area contributed by atoms with Gasteiger partial charge < -0.3 is 10.5 Å². The standard InChI is InChI=1S/C11H12FNO2/c12-8-2-1-7-4-6-15-11(7)10(8)9(14)3-5-13/h1-2H,3-6,13H2. The van der Waals surface area contributed by atoms with Crippen LogP contribution < -0.4 is 10.5 Å². The van der Waals surface area contributed by atoms with Crippen LogP contribution in [-0.2, 0) is 6.42 Å². The lowest BCUT2D eigenvalue weighted by Crippen LogP contribution is -2.11. The van der Waals surface area contributed by atoms with Gasteiger partial charge >= 0.3 is 0 Å². The van der Waals surface area contributed by atoms with Crippen LogP contribution in [0.15, 0.2) is 12.1 Å². The normalized spacial score (nSPS) is 13.5. The van der Waals surface area contributed by atoms with Crippen LogP contribution in [0.4, 0.5) is 4.39 Å². The summed E-state index contributed by atoms with van der Waals surface area (Å²) >= 11 is 0. The minimum Gasteiger partial charge on any atom is -0.492 e. The number of hydrogen-bond acceptors (Lipinski definition) is 3. The molecule has 1 aliphatic heterocycles. The minimum absolute atomic E-state index is 0.0652. The van der Waals surface area contributed by atoms with Gasteiger partial charge in [0.15, 0.2) is 5.78 Å². The van der Waals surface area contributed by atoms with E-state index in [-0.39, 0.29) is 24.3 Å². The number of ketones is 1. The fourth-order valence-corrected chi connectivity index (χ4v) is 1.74. The van der Waals surface area contributed by atoms with Gasteiger partial charge in [0.05, 0.1) is 12.2 Å². The quantitative estimate of drug-likeness (QED) is 0.763. The van der Waals surface area contributed by atoms with Gasteiger partial charge in [-0.3, -0.25) is 4.79 Å². The van der Waals surface area contributed by atoms with Crippen molar-refractivity contribution in [1.82, 2.24) is 0 Å². The number of fused-ring (bicyclic) bond motifs is 1. The lowest BCUT2D eigenvalue weighted by molar-refractivity contribution is 0.0978. The molecule has 0 spiro atoms. The number of rotatable bonds is 3. The van der Waals surface area contributed by atoms with E-state index in [1.54, 1.807) is 6.07 Å². The van der Waals surface area contributed by atoms with E-state index >= 15 is 0 Å². The number of nitrogens with two attached hydrogens (primary N) is 1. The highest BCUT2D eigenvalue weighted by Crippen LogP contribution is 2.32. The molecule has 2 rings (SSSR count). The van der Waals surface area contributed by atoms with E-state index in [1.807, 2.05) is 0 Å². The van der Waals surface area contributed by atoms with E-state index in [1.165, 1.54) is 6.07 Å². The Morgan fingerprint density at radius 3 is 3.07 bits per heavy atom. The molecule has 0 aliphatic carbocycles. The molecule has 1 aliphatic rings. The molecule has 15 heavy (non-hydrogen) atoms. The smallest absolute Gasteiger partial charge is 0.170 e. The van der Waals surface area contributed by atoms with Crippen molar-refractivity contribution in [1.29, 1.82) is 0 Å². The average molecular weight is 209 g/mol. The maximum Gasteiger partial charge on any atom is 0.170 e. The van der Waals surface area contributed by atoms with Crippen LogP contribution in [0.1, 0.15) is 22.3 Å². The van der Waals surface area contributed by atoms with Gasteiger partial charge in [0.25, 0.3) is 0 Å². The summed E-state index contributed by atoms with van der Waals surface area (Å²) in [7, 11) is 0. The van der Waals surface area contributed by atoms with E-state index < -0.39 is 5.82 Å². The van der Waals surface area contributed by atoms with Gasteiger partial charge in [-0.15, -0.1) is 0 Å². The van der Waals surface area contributed by atoms with E-state index in [9.17, 15) is 9.18 Å². The summed E-state index contributed by atoms with van der Waals surface area (Å²) < 4.78 is 18.8. The molecule has 1 heterocycles. The molecular formula is C11H12FNO2. The molecule has 3 nitrogen and oxygen atoms in total. The molecule has 0 atom stereocenters. The number of halogens is 1. The molecule has 0 amide bonds. The molecule has 1 aromatic carbocycles. The number of Topliss-reactive ketones (excluding diaryl/α,β-unsaturated/α-hetero) is 1. The van der Waals surface area contributed by atoms with Crippen LogP contribution in [0, 0.1) is 5.82 Å². The first-order valence-corrected chi connectivity index (χ1v) is 4.91. The Morgan fingerprint density at radius 2 is 2.33 bits per heavy atom. The van der Waals surface area contributed by atoms with Gasteiger partial charge in [0.2, 0.25) is 0 Å². The summed E-state index contributed by atoms with van der Waals surface area (Å²) in [5.74, 6) is -0.392. The highest BCUT2D eigenvalue weighted by Gasteiger charge is 2.23. The zero-order valence-corrected chi connectivity index (χ0v) is 8.25. The van der Waals surface area contributed by atoms with Gasteiger partial charge in [0.1, 0.15) is 11.6 Å². The van der Waals surface area contributed by atoms with Crippen molar-refractivity contribution in [3.8, 4) is 5.75 Å². The molecule has 0 aromatic heterocycles. The number of benzene rings is 1. The molecule has 2 N–H and O–H groups in total. The average Bonchev–Trinajstić information content (AvgIpc) is 2.65. The second kappa shape index (κ2) is 3.98. The third kappa shape index (κ3) is 1.72.